The van der Waals surface area contributed by atoms with E-state index in [0.717, 1.165) is 42.6 Å². The topological polar surface area (TPSA) is 49.3 Å². The molecule has 28 heavy (non-hydrogen) atoms. The third-order valence-corrected chi connectivity index (χ3v) is 5.89. The average Bonchev–Trinajstić information content (AvgIpc) is 3.18. The van der Waals surface area contributed by atoms with Gasteiger partial charge < -0.3 is 9.80 Å². The number of rotatable bonds is 5. The number of nitrogens with zero attached hydrogens (tertiary/aromatic N) is 4. The van der Waals surface area contributed by atoms with Crippen LogP contribution < -0.4 is 4.90 Å². The van der Waals surface area contributed by atoms with Crippen LogP contribution in [0.25, 0.3) is 0 Å². The molecular weight excluding hydrogens is 368 g/mol. The summed E-state index contributed by atoms with van der Waals surface area (Å²) < 4.78 is 4.53. The van der Waals surface area contributed by atoms with E-state index >= 15 is 0 Å². The third kappa shape index (κ3) is 4.39. The Morgan fingerprint density at radius 1 is 1.04 bits per heavy atom. The summed E-state index contributed by atoms with van der Waals surface area (Å²) in [6.07, 6.45) is 1.22. The van der Waals surface area contributed by atoms with Crippen LogP contribution in [-0.4, -0.2) is 45.8 Å². The molecule has 5 nitrogen and oxygen atoms in total. The standard InChI is InChI=1S/C22H24N4OS/c1-17-16-25(12-13-26(17)21(27)15-19-10-6-3-7-11-19)22-23-20(24-28-22)14-18-8-4-2-5-9-18/h2-11,17H,12-16H2,1H3. The van der Waals surface area contributed by atoms with Crippen LogP contribution in [0.3, 0.4) is 0 Å². The number of aromatic nitrogens is 2. The number of carbonyl (C=O) groups excluding carboxylic acids is 1. The number of hydrogen-bond acceptors (Lipinski definition) is 5. The van der Waals surface area contributed by atoms with E-state index in [1.807, 2.05) is 53.4 Å². The monoisotopic (exact) mass is 392 g/mol. The Kier molecular flexibility index (Phi) is 5.67. The first-order chi connectivity index (χ1) is 13.7. The number of benzene rings is 2. The van der Waals surface area contributed by atoms with Gasteiger partial charge in [-0.15, -0.1) is 0 Å². The molecule has 0 radical (unpaired) electrons. The number of anilines is 1. The normalized spacial score (nSPS) is 17.0. The maximum absolute atomic E-state index is 12.7. The van der Waals surface area contributed by atoms with Crippen molar-refractivity contribution in [3.8, 4) is 0 Å². The maximum atomic E-state index is 12.7. The van der Waals surface area contributed by atoms with E-state index in [4.69, 9.17) is 4.98 Å². The molecule has 1 saturated heterocycles. The molecule has 3 aromatic rings. The highest BCUT2D eigenvalue weighted by Gasteiger charge is 2.28. The lowest BCUT2D eigenvalue weighted by Crippen LogP contribution is -2.54. The van der Waals surface area contributed by atoms with Gasteiger partial charge in [0.1, 0.15) is 5.82 Å². The van der Waals surface area contributed by atoms with Crippen molar-refractivity contribution in [1.29, 1.82) is 0 Å². The molecule has 1 aliphatic heterocycles. The summed E-state index contributed by atoms with van der Waals surface area (Å²) in [6.45, 7) is 4.42. The Morgan fingerprint density at radius 3 is 2.39 bits per heavy atom. The molecule has 4 rings (SSSR count). The molecule has 2 heterocycles. The highest BCUT2D eigenvalue weighted by atomic mass is 32.1. The van der Waals surface area contributed by atoms with Crippen molar-refractivity contribution in [1.82, 2.24) is 14.3 Å². The molecule has 1 aliphatic rings. The van der Waals surface area contributed by atoms with E-state index in [1.165, 1.54) is 17.1 Å². The van der Waals surface area contributed by atoms with Gasteiger partial charge in [-0.1, -0.05) is 60.7 Å². The second-order valence-corrected chi connectivity index (χ2v) is 7.93. The van der Waals surface area contributed by atoms with Gasteiger partial charge in [-0.05, 0) is 18.1 Å². The quantitative estimate of drug-likeness (QED) is 0.668. The van der Waals surface area contributed by atoms with Crippen LogP contribution in [0, 0.1) is 0 Å². The van der Waals surface area contributed by atoms with E-state index in [-0.39, 0.29) is 11.9 Å². The van der Waals surface area contributed by atoms with Gasteiger partial charge in [0.15, 0.2) is 0 Å². The van der Waals surface area contributed by atoms with Crippen LogP contribution in [0.4, 0.5) is 5.13 Å². The fraction of sp³-hybridized carbons (Fsp3) is 0.318. The van der Waals surface area contributed by atoms with Gasteiger partial charge in [0, 0.05) is 43.6 Å². The van der Waals surface area contributed by atoms with Crippen LogP contribution in [0.1, 0.15) is 23.9 Å². The van der Waals surface area contributed by atoms with Crippen molar-refractivity contribution in [3.05, 3.63) is 77.6 Å². The molecule has 2 aromatic carbocycles. The zero-order valence-corrected chi connectivity index (χ0v) is 16.8. The van der Waals surface area contributed by atoms with Gasteiger partial charge in [0.2, 0.25) is 11.0 Å². The Morgan fingerprint density at radius 2 is 1.71 bits per heavy atom. The summed E-state index contributed by atoms with van der Waals surface area (Å²) in [7, 11) is 0. The lowest BCUT2D eigenvalue weighted by molar-refractivity contribution is -0.132. The maximum Gasteiger partial charge on any atom is 0.227 e. The Hall–Kier alpha value is -2.73. The molecule has 144 valence electrons. The molecule has 0 N–H and O–H groups in total. The van der Waals surface area contributed by atoms with Gasteiger partial charge in [0.05, 0.1) is 6.42 Å². The van der Waals surface area contributed by atoms with Gasteiger partial charge in [-0.2, -0.15) is 4.37 Å². The van der Waals surface area contributed by atoms with Crippen molar-refractivity contribution < 1.29 is 4.79 Å². The molecular formula is C22H24N4OS. The first-order valence-electron chi connectivity index (χ1n) is 9.64. The zero-order chi connectivity index (χ0) is 19.3. The summed E-state index contributed by atoms with van der Waals surface area (Å²) in [4.78, 5) is 21.7. The molecule has 1 fully saturated rings. The summed E-state index contributed by atoms with van der Waals surface area (Å²) in [5.74, 6) is 1.06. The van der Waals surface area contributed by atoms with Crippen molar-refractivity contribution in [2.24, 2.45) is 0 Å². The fourth-order valence-electron chi connectivity index (χ4n) is 3.60. The Labute approximate surface area is 169 Å². The lowest BCUT2D eigenvalue weighted by Gasteiger charge is -2.39. The van der Waals surface area contributed by atoms with Crippen LogP contribution in [-0.2, 0) is 17.6 Å². The van der Waals surface area contributed by atoms with Crippen molar-refractivity contribution >= 4 is 22.6 Å². The molecule has 0 saturated carbocycles. The third-order valence-electron chi connectivity index (χ3n) is 5.08. The second-order valence-electron chi connectivity index (χ2n) is 7.20. The molecule has 0 aliphatic carbocycles. The number of amides is 1. The van der Waals surface area contributed by atoms with Crippen molar-refractivity contribution in [2.45, 2.75) is 25.8 Å². The summed E-state index contributed by atoms with van der Waals surface area (Å²) in [5, 5.41) is 0.952. The Bertz CT molecular complexity index is 913. The average molecular weight is 393 g/mol. The predicted molar refractivity (Wildman–Crippen MR) is 113 cm³/mol. The lowest BCUT2D eigenvalue weighted by atomic mass is 10.1. The predicted octanol–water partition coefficient (Wildman–Crippen LogP) is 3.41. The van der Waals surface area contributed by atoms with Crippen molar-refractivity contribution in [3.63, 3.8) is 0 Å². The minimum Gasteiger partial charge on any atom is -0.343 e. The van der Waals surface area contributed by atoms with Gasteiger partial charge >= 0.3 is 0 Å². The molecule has 1 unspecified atom stereocenters. The van der Waals surface area contributed by atoms with Crippen LogP contribution in [0.5, 0.6) is 0 Å². The number of piperazine rings is 1. The summed E-state index contributed by atoms with van der Waals surface area (Å²) in [5.41, 5.74) is 2.29. The molecule has 1 amide bonds. The molecule has 0 spiro atoms. The molecule has 1 aromatic heterocycles. The first kappa shape index (κ1) is 18.6. The van der Waals surface area contributed by atoms with E-state index < -0.39 is 0 Å². The minimum atomic E-state index is 0.159. The van der Waals surface area contributed by atoms with E-state index in [1.54, 1.807) is 0 Å². The highest BCUT2D eigenvalue weighted by Crippen LogP contribution is 2.23. The van der Waals surface area contributed by atoms with E-state index in [0.29, 0.717) is 6.42 Å². The van der Waals surface area contributed by atoms with Crippen LogP contribution in [0.2, 0.25) is 0 Å². The first-order valence-corrected chi connectivity index (χ1v) is 10.4. The largest absolute Gasteiger partial charge is 0.343 e. The highest BCUT2D eigenvalue weighted by molar-refractivity contribution is 7.09. The van der Waals surface area contributed by atoms with Crippen LogP contribution in [0.15, 0.2) is 60.7 Å². The SMILES string of the molecule is CC1CN(c2nc(Cc3ccccc3)ns2)CCN1C(=O)Cc1ccccc1. The van der Waals surface area contributed by atoms with Gasteiger partial charge in [-0.3, -0.25) is 4.79 Å². The van der Waals surface area contributed by atoms with Gasteiger partial charge in [-0.25, -0.2) is 4.98 Å². The van der Waals surface area contributed by atoms with E-state index in [9.17, 15) is 4.79 Å². The number of hydrogen-bond donors (Lipinski definition) is 0. The fourth-order valence-corrected chi connectivity index (χ4v) is 4.32. The summed E-state index contributed by atoms with van der Waals surface area (Å²) in [6, 6.07) is 20.4. The minimum absolute atomic E-state index is 0.159. The van der Waals surface area contributed by atoms with E-state index in [2.05, 4.69) is 28.3 Å². The molecule has 6 heteroatoms. The zero-order valence-electron chi connectivity index (χ0n) is 16.0. The van der Waals surface area contributed by atoms with Crippen LogP contribution >= 0.6 is 11.5 Å². The molecule has 1 atom stereocenters. The van der Waals surface area contributed by atoms with Gasteiger partial charge in [0.25, 0.3) is 0 Å². The number of carbonyl (C=O) groups is 1. The second kappa shape index (κ2) is 8.52. The smallest absolute Gasteiger partial charge is 0.227 e. The summed E-state index contributed by atoms with van der Waals surface area (Å²) >= 11 is 1.45. The molecule has 0 bridgehead atoms. The van der Waals surface area contributed by atoms with Crippen molar-refractivity contribution in [2.75, 3.05) is 24.5 Å². The Balaban J connectivity index is 1.36.